The molecule has 2 N–H and O–H groups in total. The van der Waals surface area contributed by atoms with Gasteiger partial charge in [-0.05, 0) is 75.3 Å². The van der Waals surface area contributed by atoms with Crippen LogP contribution >= 0.6 is 23.2 Å². The highest BCUT2D eigenvalue weighted by Gasteiger charge is 2.22. The molecular weight excluding hydrogens is 499 g/mol. The number of benzene rings is 2. The highest BCUT2D eigenvalue weighted by Crippen LogP contribution is 2.24. The van der Waals surface area contributed by atoms with Gasteiger partial charge >= 0.3 is 0 Å². The summed E-state index contributed by atoms with van der Waals surface area (Å²) in [6.07, 6.45) is 5.14. The average molecular weight is 538 g/mol. The van der Waals surface area contributed by atoms with E-state index in [1.807, 2.05) is 0 Å². The van der Waals surface area contributed by atoms with Gasteiger partial charge < -0.3 is 25.2 Å². The van der Waals surface area contributed by atoms with Gasteiger partial charge in [-0.2, -0.15) is 0 Å². The lowest BCUT2D eigenvalue weighted by molar-refractivity contribution is -0.119. The minimum atomic E-state index is -0.373. The van der Waals surface area contributed by atoms with E-state index < -0.39 is 0 Å². The van der Waals surface area contributed by atoms with Crippen molar-refractivity contribution in [3.63, 3.8) is 0 Å². The molecule has 0 aliphatic carbocycles. The summed E-state index contributed by atoms with van der Waals surface area (Å²) in [5, 5.41) is 5.51. The van der Waals surface area contributed by atoms with E-state index in [0.717, 1.165) is 24.9 Å². The lowest BCUT2D eigenvalue weighted by atomic mass is 10.0. The summed E-state index contributed by atoms with van der Waals surface area (Å²) in [6, 6.07) is 13.7. The minimum absolute atomic E-state index is 0.0738. The fourth-order valence-corrected chi connectivity index (χ4v) is 4.23. The van der Waals surface area contributed by atoms with Crippen LogP contribution in [0.3, 0.4) is 0 Å². The molecule has 0 saturated carbocycles. The van der Waals surface area contributed by atoms with Gasteiger partial charge in [0.1, 0.15) is 5.75 Å². The summed E-state index contributed by atoms with van der Waals surface area (Å²) < 4.78 is 5.22. The Morgan fingerprint density at radius 2 is 1.75 bits per heavy atom. The first-order valence-electron chi connectivity index (χ1n) is 12.3. The normalized spacial score (nSPS) is 13.6. The summed E-state index contributed by atoms with van der Waals surface area (Å²) >= 11 is 11.5. The average Bonchev–Trinajstić information content (AvgIpc) is 2.92. The Morgan fingerprint density at radius 3 is 2.31 bits per heavy atom. The Hall–Kier alpha value is -2.48. The van der Waals surface area contributed by atoms with Crippen LogP contribution < -0.4 is 20.3 Å². The SMILES string of the molecule is CCCCN(C)C1CCN(c2ccc(OC)cc2)CC1.CNC(=O)CNC(=O)c1ccc(Cl)c(Cl)c1. The molecule has 0 aromatic heterocycles. The summed E-state index contributed by atoms with van der Waals surface area (Å²) in [4.78, 5) is 27.5. The summed E-state index contributed by atoms with van der Waals surface area (Å²) in [5.74, 6) is 0.290. The smallest absolute Gasteiger partial charge is 0.251 e. The van der Waals surface area contributed by atoms with Gasteiger partial charge in [-0.1, -0.05) is 36.5 Å². The number of methoxy groups -OCH3 is 1. The molecule has 2 aromatic rings. The van der Waals surface area contributed by atoms with Crippen LogP contribution in [0.15, 0.2) is 42.5 Å². The highest BCUT2D eigenvalue weighted by atomic mass is 35.5. The van der Waals surface area contributed by atoms with Crippen molar-refractivity contribution in [2.24, 2.45) is 0 Å². The second-order valence-electron chi connectivity index (χ2n) is 8.74. The molecule has 3 rings (SSSR count). The second-order valence-corrected chi connectivity index (χ2v) is 9.55. The fourth-order valence-electron chi connectivity index (χ4n) is 3.94. The zero-order valence-electron chi connectivity index (χ0n) is 21.7. The molecular formula is C27H38Cl2N4O3. The molecule has 198 valence electrons. The molecule has 2 amide bonds. The molecule has 7 nitrogen and oxygen atoms in total. The zero-order chi connectivity index (χ0) is 26.5. The maximum Gasteiger partial charge on any atom is 0.251 e. The molecule has 9 heteroatoms. The predicted octanol–water partition coefficient (Wildman–Crippen LogP) is 4.87. The molecule has 0 unspecified atom stereocenters. The number of unbranched alkanes of at least 4 members (excludes halogenated alkanes) is 1. The molecule has 0 bridgehead atoms. The van der Waals surface area contributed by atoms with E-state index in [9.17, 15) is 9.59 Å². The van der Waals surface area contributed by atoms with Gasteiger partial charge in [0.05, 0.1) is 23.7 Å². The summed E-state index contributed by atoms with van der Waals surface area (Å²) in [5.41, 5.74) is 1.68. The Labute approximate surface area is 225 Å². The Balaban J connectivity index is 0.000000261. The van der Waals surface area contributed by atoms with E-state index in [1.165, 1.54) is 63.2 Å². The molecule has 1 aliphatic heterocycles. The number of anilines is 1. The van der Waals surface area contributed by atoms with Crippen molar-refractivity contribution in [1.82, 2.24) is 15.5 Å². The number of nitrogens with one attached hydrogen (secondary N) is 2. The van der Waals surface area contributed by atoms with Crippen molar-refractivity contribution in [3.8, 4) is 5.75 Å². The van der Waals surface area contributed by atoms with Crippen LogP contribution in [0.2, 0.25) is 10.0 Å². The number of hydrogen-bond donors (Lipinski definition) is 2. The predicted molar refractivity (Wildman–Crippen MR) is 149 cm³/mol. The Morgan fingerprint density at radius 1 is 1.08 bits per heavy atom. The van der Waals surface area contributed by atoms with Gasteiger partial charge in [0, 0.05) is 37.4 Å². The number of piperidine rings is 1. The highest BCUT2D eigenvalue weighted by molar-refractivity contribution is 6.42. The molecule has 1 saturated heterocycles. The number of ether oxygens (including phenoxy) is 1. The number of carbonyl (C=O) groups excluding carboxylic acids is 2. The second kappa shape index (κ2) is 15.6. The molecule has 1 fully saturated rings. The van der Waals surface area contributed by atoms with Gasteiger partial charge in [-0.25, -0.2) is 0 Å². The largest absolute Gasteiger partial charge is 0.497 e. The number of hydrogen-bond acceptors (Lipinski definition) is 5. The van der Waals surface area contributed by atoms with E-state index in [0.29, 0.717) is 15.6 Å². The van der Waals surface area contributed by atoms with E-state index in [-0.39, 0.29) is 18.4 Å². The maximum absolute atomic E-state index is 11.5. The van der Waals surface area contributed by atoms with Gasteiger partial charge in [0.2, 0.25) is 5.91 Å². The van der Waals surface area contributed by atoms with E-state index in [2.05, 4.69) is 58.7 Å². The number of nitrogens with zero attached hydrogens (tertiary/aromatic N) is 2. The van der Waals surface area contributed by atoms with Crippen LogP contribution in [0.5, 0.6) is 5.75 Å². The molecule has 1 heterocycles. The van der Waals surface area contributed by atoms with Gasteiger partial charge in [-0.3, -0.25) is 9.59 Å². The molecule has 0 radical (unpaired) electrons. The first kappa shape index (κ1) is 29.7. The number of halogens is 2. The van der Waals surface area contributed by atoms with E-state index in [1.54, 1.807) is 7.11 Å². The molecule has 1 aliphatic rings. The number of amides is 2. The van der Waals surface area contributed by atoms with E-state index in [4.69, 9.17) is 27.9 Å². The molecule has 2 aromatic carbocycles. The summed E-state index contributed by atoms with van der Waals surface area (Å²) in [6.45, 7) is 5.75. The molecule has 0 atom stereocenters. The quantitative estimate of drug-likeness (QED) is 0.478. The number of likely N-dealkylation sites (N-methyl/N-ethyl adjacent to an activating group) is 1. The van der Waals surface area contributed by atoms with Crippen LogP contribution in [0, 0.1) is 0 Å². The van der Waals surface area contributed by atoms with E-state index >= 15 is 0 Å². The third kappa shape index (κ3) is 9.52. The first-order valence-corrected chi connectivity index (χ1v) is 13.1. The van der Waals surface area contributed by atoms with Gasteiger partial charge in [0.25, 0.3) is 5.91 Å². The monoisotopic (exact) mass is 536 g/mol. The molecule has 0 spiro atoms. The van der Waals surface area contributed by atoms with Crippen molar-refractivity contribution < 1.29 is 14.3 Å². The van der Waals surface area contributed by atoms with Crippen LogP contribution in [-0.4, -0.2) is 70.1 Å². The third-order valence-corrected chi connectivity index (χ3v) is 7.00. The van der Waals surface area contributed by atoms with Gasteiger partial charge in [-0.15, -0.1) is 0 Å². The maximum atomic E-state index is 11.5. The van der Waals surface area contributed by atoms with Crippen LogP contribution in [0.1, 0.15) is 43.0 Å². The lowest BCUT2D eigenvalue weighted by Crippen LogP contribution is -2.43. The lowest BCUT2D eigenvalue weighted by Gasteiger charge is -2.38. The van der Waals surface area contributed by atoms with Crippen LogP contribution in [0.25, 0.3) is 0 Å². The number of rotatable bonds is 9. The van der Waals surface area contributed by atoms with Crippen molar-refractivity contribution in [2.75, 3.05) is 52.3 Å². The Bertz CT molecular complexity index is 964. The summed E-state index contributed by atoms with van der Waals surface area (Å²) in [7, 11) is 5.49. The third-order valence-electron chi connectivity index (χ3n) is 6.26. The van der Waals surface area contributed by atoms with Crippen LogP contribution in [-0.2, 0) is 4.79 Å². The standard InChI is InChI=1S/C17H28N2O.C10H10Cl2N2O2/c1-4-5-12-18(2)15-10-13-19(14-11-15)16-6-8-17(20-3)9-7-16;1-13-9(15)5-14-10(16)6-2-3-7(11)8(12)4-6/h6-9,15H,4-5,10-14H2,1-3H3;2-4H,5H2,1H3,(H,13,15)(H,14,16). The van der Waals surface area contributed by atoms with Crippen LogP contribution in [0.4, 0.5) is 5.69 Å². The van der Waals surface area contributed by atoms with Crippen molar-refractivity contribution >= 4 is 40.7 Å². The minimum Gasteiger partial charge on any atom is -0.497 e. The number of carbonyl (C=O) groups is 2. The first-order chi connectivity index (χ1) is 17.3. The van der Waals surface area contributed by atoms with Crippen molar-refractivity contribution in [3.05, 3.63) is 58.1 Å². The fraction of sp³-hybridized carbons (Fsp3) is 0.481. The molecule has 36 heavy (non-hydrogen) atoms. The van der Waals surface area contributed by atoms with Crippen molar-refractivity contribution in [1.29, 1.82) is 0 Å². The zero-order valence-corrected chi connectivity index (χ0v) is 23.2. The van der Waals surface area contributed by atoms with Gasteiger partial charge in [0.15, 0.2) is 0 Å². The Kier molecular flexibility index (Phi) is 12.9. The van der Waals surface area contributed by atoms with Crippen molar-refractivity contribution in [2.45, 2.75) is 38.6 Å². The topological polar surface area (TPSA) is 73.9 Å².